The zero-order chi connectivity index (χ0) is 13.9. The van der Waals surface area contributed by atoms with Gasteiger partial charge in [0.25, 0.3) is 0 Å². The molecule has 0 bridgehead atoms. The minimum atomic E-state index is -4.93. The molecule has 0 aromatic carbocycles. The van der Waals surface area contributed by atoms with Gasteiger partial charge in [-0.1, -0.05) is 0 Å². The van der Waals surface area contributed by atoms with Crippen LogP contribution in [0.2, 0.25) is 0 Å². The number of hydrogen-bond acceptors (Lipinski definition) is 4. The van der Waals surface area contributed by atoms with Crippen LogP contribution in [0.15, 0.2) is 6.20 Å². The second-order valence-corrected chi connectivity index (χ2v) is 3.24. The maximum Gasteiger partial charge on any atom is 0.573 e. The van der Waals surface area contributed by atoms with Crippen molar-refractivity contribution >= 4 is 17.6 Å². The number of aromatic carboxylic acids is 1. The number of alkyl halides is 4. The van der Waals surface area contributed by atoms with Crippen molar-refractivity contribution in [2.45, 2.75) is 12.2 Å². The molecule has 1 N–H and O–H groups in total. The smallest absolute Gasteiger partial charge is 0.494 e. The van der Waals surface area contributed by atoms with Gasteiger partial charge in [0.15, 0.2) is 17.2 Å². The number of carboxylic acid groups (broad SMARTS) is 1. The highest BCUT2D eigenvalue weighted by molar-refractivity contribution is 6.17. The van der Waals surface area contributed by atoms with Crippen LogP contribution in [0, 0.1) is 0 Å². The molecule has 0 atom stereocenters. The number of rotatable bonds is 4. The molecular weight excluding hydrogens is 279 g/mol. The summed E-state index contributed by atoms with van der Waals surface area (Å²) in [6.45, 7) is 0. The topological polar surface area (TPSA) is 68.7 Å². The Morgan fingerprint density at radius 2 is 2.17 bits per heavy atom. The summed E-state index contributed by atoms with van der Waals surface area (Å²) in [5.74, 6) is -2.92. The van der Waals surface area contributed by atoms with Gasteiger partial charge in [-0.2, -0.15) is 0 Å². The highest BCUT2D eigenvalue weighted by Crippen LogP contribution is 2.34. The van der Waals surface area contributed by atoms with E-state index >= 15 is 0 Å². The maximum atomic E-state index is 12.1. The van der Waals surface area contributed by atoms with Gasteiger partial charge in [-0.15, -0.1) is 24.8 Å². The van der Waals surface area contributed by atoms with Gasteiger partial charge in [-0.3, -0.25) is 0 Å². The first-order valence-corrected chi connectivity index (χ1v) is 4.94. The minimum Gasteiger partial charge on any atom is -0.494 e. The van der Waals surface area contributed by atoms with Crippen LogP contribution in [0.5, 0.6) is 11.5 Å². The zero-order valence-electron chi connectivity index (χ0n) is 8.92. The van der Waals surface area contributed by atoms with Crippen LogP contribution in [-0.2, 0) is 5.88 Å². The van der Waals surface area contributed by atoms with Crippen molar-refractivity contribution in [2.75, 3.05) is 7.11 Å². The summed E-state index contributed by atoms with van der Waals surface area (Å²) in [4.78, 5) is 14.1. The van der Waals surface area contributed by atoms with E-state index in [0.29, 0.717) is 6.20 Å². The molecule has 0 unspecified atom stereocenters. The van der Waals surface area contributed by atoms with E-state index in [2.05, 4.69) is 9.72 Å². The van der Waals surface area contributed by atoms with Crippen molar-refractivity contribution in [3.63, 3.8) is 0 Å². The number of carbonyl (C=O) groups is 1. The van der Waals surface area contributed by atoms with Gasteiger partial charge in [-0.25, -0.2) is 9.78 Å². The molecule has 100 valence electrons. The maximum absolute atomic E-state index is 12.1. The molecule has 0 amide bonds. The largest absolute Gasteiger partial charge is 0.573 e. The third-order valence-electron chi connectivity index (χ3n) is 1.86. The van der Waals surface area contributed by atoms with Gasteiger partial charge in [0, 0.05) is 0 Å². The molecule has 0 spiro atoms. The summed E-state index contributed by atoms with van der Waals surface area (Å²) >= 11 is 5.47. The van der Waals surface area contributed by atoms with Crippen molar-refractivity contribution in [3.05, 3.63) is 17.5 Å². The third-order valence-corrected chi connectivity index (χ3v) is 2.13. The lowest BCUT2D eigenvalue weighted by atomic mass is 10.2. The third kappa shape index (κ3) is 3.16. The van der Waals surface area contributed by atoms with E-state index in [0.717, 1.165) is 7.11 Å². The fourth-order valence-corrected chi connectivity index (χ4v) is 1.48. The van der Waals surface area contributed by atoms with Crippen LogP contribution in [0.25, 0.3) is 0 Å². The molecule has 0 aliphatic carbocycles. The summed E-state index contributed by atoms with van der Waals surface area (Å²) < 4.78 is 44.7. The van der Waals surface area contributed by atoms with Gasteiger partial charge in [0.05, 0.1) is 24.8 Å². The van der Waals surface area contributed by atoms with Crippen LogP contribution < -0.4 is 9.47 Å². The molecular formula is C9H7ClF3NO4. The summed E-state index contributed by atoms with van der Waals surface area (Å²) in [6.07, 6.45) is -4.30. The minimum absolute atomic E-state index is 0.233. The number of ether oxygens (including phenoxy) is 2. The van der Waals surface area contributed by atoms with Crippen LogP contribution in [-0.4, -0.2) is 29.5 Å². The second kappa shape index (κ2) is 5.30. The molecule has 1 rings (SSSR count). The Hall–Kier alpha value is -1.70. The van der Waals surface area contributed by atoms with Gasteiger partial charge in [0.1, 0.15) is 0 Å². The Labute approximate surface area is 104 Å². The van der Waals surface area contributed by atoms with E-state index in [4.69, 9.17) is 21.4 Å². The number of nitrogens with zero attached hydrogens (tertiary/aromatic N) is 1. The first-order valence-electron chi connectivity index (χ1n) is 4.41. The highest BCUT2D eigenvalue weighted by Gasteiger charge is 2.33. The number of aromatic nitrogens is 1. The van der Waals surface area contributed by atoms with E-state index < -0.39 is 29.7 Å². The van der Waals surface area contributed by atoms with Crippen LogP contribution >= 0.6 is 11.6 Å². The second-order valence-electron chi connectivity index (χ2n) is 2.97. The molecule has 9 heteroatoms. The average molecular weight is 286 g/mol. The summed E-state index contributed by atoms with van der Waals surface area (Å²) in [5.41, 5.74) is -0.772. The molecule has 1 heterocycles. The van der Waals surface area contributed by atoms with Crippen molar-refractivity contribution in [1.82, 2.24) is 4.98 Å². The summed E-state index contributed by atoms with van der Waals surface area (Å²) in [7, 11) is 1.09. The van der Waals surface area contributed by atoms with Gasteiger partial charge < -0.3 is 14.6 Å². The predicted molar refractivity (Wildman–Crippen MR) is 54.0 cm³/mol. The summed E-state index contributed by atoms with van der Waals surface area (Å²) in [5, 5.41) is 8.79. The monoisotopic (exact) mass is 285 g/mol. The van der Waals surface area contributed by atoms with Gasteiger partial charge in [0.2, 0.25) is 0 Å². The standard InChI is InChI=1S/C9H7ClF3NO4/c1-17-7-4(2-10)5(18-9(11,12)13)3-14-6(7)8(15)16/h3H,2H2,1H3,(H,15,16). The van der Waals surface area contributed by atoms with E-state index in [1.165, 1.54) is 0 Å². The van der Waals surface area contributed by atoms with Crippen LogP contribution in [0.4, 0.5) is 13.2 Å². The number of hydrogen-bond donors (Lipinski definition) is 1. The fraction of sp³-hybridized carbons (Fsp3) is 0.333. The SMILES string of the molecule is COc1c(C(=O)O)ncc(OC(F)(F)F)c1CCl. The highest BCUT2D eigenvalue weighted by atomic mass is 35.5. The molecule has 0 aliphatic rings. The molecule has 5 nitrogen and oxygen atoms in total. The summed E-state index contributed by atoms with van der Waals surface area (Å²) in [6, 6.07) is 0. The zero-order valence-corrected chi connectivity index (χ0v) is 9.67. The van der Waals surface area contributed by atoms with Crippen LogP contribution in [0.3, 0.4) is 0 Å². The molecule has 0 radical (unpaired) electrons. The number of methoxy groups -OCH3 is 1. The van der Waals surface area contributed by atoms with Crippen molar-refractivity contribution in [3.8, 4) is 11.5 Å². The Balaban J connectivity index is 3.34. The van der Waals surface area contributed by atoms with Gasteiger partial charge in [-0.05, 0) is 0 Å². The lowest BCUT2D eigenvalue weighted by molar-refractivity contribution is -0.275. The van der Waals surface area contributed by atoms with E-state index in [-0.39, 0.29) is 11.3 Å². The number of halogens is 4. The molecule has 0 fully saturated rings. The lowest BCUT2D eigenvalue weighted by Gasteiger charge is -2.15. The first-order chi connectivity index (χ1) is 8.30. The molecule has 0 aliphatic heterocycles. The van der Waals surface area contributed by atoms with Crippen molar-refractivity contribution in [1.29, 1.82) is 0 Å². The molecule has 18 heavy (non-hydrogen) atoms. The van der Waals surface area contributed by atoms with Gasteiger partial charge >= 0.3 is 12.3 Å². The molecule has 1 aromatic heterocycles. The predicted octanol–water partition coefficient (Wildman–Crippen LogP) is 2.43. The first kappa shape index (κ1) is 14.4. The Bertz CT molecular complexity index is 464. The van der Waals surface area contributed by atoms with E-state index in [9.17, 15) is 18.0 Å². The Kier molecular flexibility index (Phi) is 4.23. The van der Waals surface area contributed by atoms with Crippen molar-refractivity contribution < 1.29 is 32.5 Å². The molecule has 0 saturated carbocycles. The number of pyridine rings is 1. The average Bonchev–Trinajstić information content (AvgIpc) is 2.25. The molecule has 0 saturated heterocycles. The number of carboxylic acids is 1. The lowest BCUT2D eigenvalue weighted by Crippen LogP contribution is -2.19. The quantitative estimate of drug-likeness (QED) is 0.861. The van der Waals surface area contributed by atoms with E-state index in [1.54, 1.807) is 0 Å². The van der Waals surface area contributed by atoms with Crippen molar-refractivity contribution in [2.24, 2.45) is 0 Å². The Morgan fingerprint density at radius 3 is 2.56 bits per heavy atom. The fourth-order valence-electron chi connectivity index (χ4n) is 1.23. The normalized spacial score (nSPS) is 11.2. The molecule has 1 aromatic rings. The van der Waals surface area contributed by atoms with E-state index in [1.807, 2.05) is 0 Å². The Morgan fingerprint density at radius 1 is 1.56 bits per heavy atom. The van der Waals surface area contributed by atoms with Crippen LogP contribution in [0.1, 0.15) is 16.1 Å².